The number of hydrogen-bond acceptors (Lipinski definition) is 3. The Bertz CT molecular complexity index is 169. The van der Waals surface area contributed by atoms with E-state index in [0.717, 1.165) is 19.6 Å². The van der Waals surface area contributed by atoms with Crippen molar-refractivity contribution < 1.29 is 4.79 Å². The average Bonchev–Trinajstić information content (AvgIpc) is 2.13. The lowest BCUT2D eigenvalue weighted by atomic mass is 10.4. The van der Waals surface area contributed by atoms with E-state index in [1.807, 2.05) is 14.1 Å². The van der Waals surface area contributed by atoms with Gasteiger partial charge in [-0.25, -0.2) is 0 Å². The summed E-state index contributed by atoms with van der Waals surface area (Å²) in [6.45, 7) is 6.72. The van der Waals surface area contributed by atoms with Crippen LogP contribution in [-0.4, -0.2) is 51.1 Å². The van der Waals surface area contributed by atoms with Crippen molar-refractivity contribution in [2.45, 2.75) is 6.42 Å². The lowest BCUT2D eigenvalue weighted by Gasteiger charge is -2.09. The number of nitrogens with one attached hydrogen (secondary N) is 2. The van der Waals surface area contributed by atoms with E-state index in [1.165, 1.54) is 0 Å². The van der Waals surface area contributed by atoms with Crippen LogP contribution in [0.5, 0.6) is 0 Å². The fourth-order valence-corrected chi connectivity index (χ4v) is 0.904. The van der Waals surface area contributed by atoms with E-state index in [2.05, 4.69) is 22.1 Å². The van der Waals surface area contributed by atoms with Crippen molar-refractivity contribution in [3.8, 4) is 0 Å². The maximum atomic E-state index is 11.1. The summed E-state index contributed by atoms with van der Waals surface area (Å²) in [6, 6.07) is 0. The van der Waals surface area contributed by atoms with Crippen LogP contribution in [0.1, 0.15) is 6.42 Å². The zero-order chi connectivity index (χ0) is 10.8. The standard InChI is InChI=1S/C10H21N3O/c1-4-6-12-10(14)5-7-11-8-9-13(2)3/h4,11H,1,5-9H2,2-3H3,(H,12,14). The molecule has 0 fully saturated rings. The van der Waals surface area contributed by atoms with Gasteiger partial charge in [-0.3, -0.25) is 4.79 Å². The van der Waals surface area contributed by atoms with Gasteiger partial charge in [0.15, 0.2) is 0 Å². The smallest absolute Gasteiger partial charge is 0.221 e. The van der Waals surface area contributed by atoms with Crippen LogP contribution < -0.4 is 10.6 Å². The maximum Gasteiger partial charge on any atom is 0.221 e. The van der Waals surface area contributed by atoms with Crippen LogP contribution in [0.4, 0.5) is 0 Å². The van der Waals surface area contributed by atoms with Crippen LogP contribution in [0.2, 0.25) is 0 Å². The van der Waals surface area contributed by atoms with E-state index in [0.29, 0.717) is 13.0 Å². The summed E-state index contributed by atoms with van der Waals surface area (Å²) in [7, 11) is 4.05. The third kappa shape index (κ3) is 9.22. The topological polar surface area (TPSA) is 44.4 Å². The molecule has 0 rings (SSSR count). The molecule has 1 amide bonds. The number of nitrogens with zero attached hydrogens (tertiary/aromatic N) is 1. The Morgan fingerprint density at radius 3 is 2.71 bits per heavy atom. The largest absolute Gasteiger partial charge is 0.353 e. The molecule has 0 atom stereocenters. The first kappa shape index (κ1) is 13.1. The molecule has 0 saturated carbocycles. The molecule has 14 heavy (non-hydrogen) atoms. The maximum absolute atomic E-state index is 11.1. The van der Waals surface area contributed by atoms with E-state index in [9.17, 15) is 4.79 Å². The van der Waals surface area contributed by atoms with Gasteiger partial charge in [-0.15, -0.1) is 6.58 Å². The highest BCUT2D eigenvalue weighted by molar-refractivity contribution is 5.76. The molecule has 2 N–H and O–H groups in total. The van der Waals surface area contributed by atoms with E-state index >= 15 is 0 Å². The zero-order valence-electron chi connectivity index (χ0n) is 9.18. The minimum atomic E-state index is 0.0715. The fourth-order valence-electron chi connectivity index (χ4n) is 0.904. The van der Waals surface area contributed by atoms with Crippen molar-refractivity contribution in [1.29, 1.82) is 0 Å². The van der Waals surface area contributed by atoms with Gasteiger partial charge in [0.2, 0.25) is 5.91 Å². The SMILES string of the molecule is C=CCNC(=O)CCNCCN(C)C. The lowest BCUT2D eigenvalue weighted by molar-refractivity contribution is -0.120. The molecule has 4 heteroatoms. The Balaban J connectivity index is 3.18. The summed E-state index contributed by atoms with van der Waals surface area (Å²) in [5, 5.41) is 5.92. The Kier molecular flexibility index (Phi) is 8.17. The van der Waals surface area contributed by atoms with Crippen LogP contribution in [0.3, 0.4) is 0 Å². The van der Waals surface area contributed by atoms with Crippen LogP contribution in [0.25, 0.3) is 0 Å². The molecule has 0 aromatic rings. The Morgan fingerprint density at radius 1 is 1.43 bits per heavy atom. The average molecular weight is 199 g/mol. The summed E-state index contributed by atoms with van der Waals surface area (Å²) in [4.78, 5) is 13.2. The summed E-state index contributed by atoms with van der Waals surface area (Å²) in [5.74, 6) is 0.0715. The molecule has 0 radical (unpaired) electrons. The predicted molar refractivity (Wildman–Crippen MR) is 59.2 cm³/mol. The van der Waals surface area contributed by atoms with Crippen LogP contribution in [-0.2, 0) is 4.79 Å². The second-order valence-electron chi connectivity index (χ2n) is 3.40. The molecule has 0 aromatic heterocycles. The van der Waals surface area contributed by atoms with Crippen molar-refractivity contribution in [1.82, 2.24) is 15.5 Å². The highest BCUT2D eigenvalue weighted by Crippen LogP contribution is 1.78. The number of rotatable bonds is 8. The third-order valence-corrected chi connectivity index (χ3v) is 1.71. The number of hydrogen-bond donors (Lipinski definition) is 2. The first-order chi connectivity index (χ1) is 6.66. The second kappa shape index (κ2) is 8.72. The molecule has 82 valence electrons. The monoisotopic (exact) mass is 199 g/mol. The van der Waals surface area contributed by atoms with Gasteiger partial charge in [0.25, 0.3) is 0 Å². The van der Waals surface area contributed by atoms with Gasteiger partial charge < -0.3 is 15.5 Å². The quantitative estimate of drug-likeness (QED) is 0.421. The van der Waals surface area contributed by atoms with Gasteiger partial charge in [0.1, 0.15) is 0 Å². The van der Waals surface area contributed by atoms with Crippen molar-refractivity contribution in [2.75, 3.05) is 40.3 Å². The molecule has 4 nitrogen and oxygen atoms in total. The van der Waals surface area contributed by atoms with Crippen molar-refractivity contribution in [3.63, 3.8) is 0 Å². The summed E-state index contributed by atoms with van der Waals surface area (Å²) >= 11 is 0. The molecule has 0 aliphatic carbocycles. The van der Waals surface area contributed by atoms with Crippen molar-refractivity contribution >= 4 is 5.91 Å². The number of amides is 1. The summed E-state index contributed by atoms with van der Waals surface area (Å²) in [6.07, 6.45) is 2.21. The zero-order valence-corrected chi connectivity index (χ0v) is 9.18. The molecule has 0 heterocycles. The van der Waals surface area contributed by atoms with Crippen LogP contribution >= 0.6 is 0 Å². The van der Waals surface area contributed by atoms with Gasteiger partial charge in [-0.2, -0.15) is 0 Å². The first-order valence-electron chi connectivity index (χ1n) is 4.90. The molecule has 0 aliphatic heterocycles. The lowest BCUT2D eigenvalue weighted by Crippen LogP contribution is -2.31. The molecule has 0 saturated heterocycles. The van der Waals surface area contributed by atoms with Gasteiger partial charge in [0, 0.05) is 32.6 Å². The van der Waals surface area contributed by atoms with Gasteiger partial charge >= 0.3 is 0 Å². The number of carbonyl (C=O) groups excluding carboxylic acids is 1. The van der Waals surface area contributed by atoms with Crippen LogP contribution in [0, 0.1) is 0 Å². The third-order valence-electron chi connectivity index (χ3n) is 1.71. The molecule has 0 aromatic carbocycles. The van der Waals surface area contributed by atoms with Gasteiger partial charge in [0.05, 0.1) is 0 Å². The molecule has 0 aliphatic rings. The number of likely N-dealkylation sites (N-methyl/N-ethyl adjacent to an activating group) is 1. The van der Waals surface area contributed by atoms with Crippen molar-refractivity contribution in [2.24, 2.45) is 0 Å². The number of carbonyl (C=O) groups is 1. The highest BCUT2D eigenvalue weighted by atomic mass is 16.1. The van der Waals surface area contributed by atoms with Crippen LogP contribution in [0.15, 0.2) is 12.7 Å². The molecular formula is C10H21N3O. The first-order valence-corrected chi connectivity index (χ1v) is 4.90. The summed E-state index contributed by atoms with van der Waals surface area (Å²) < 4.78 is 0. The van der Waals surface area contributed by atoms with Gasteiger partial charge in [-0.1, -0.05) is 6.08 Å². The van der Waals surface area contributed by atoms with E-state index in [-0.39, 0.29) is 5.91 Å². The Hall–Kier alpha value is -0.870. The van der Waals surface area contributed by atoms with Gasteiger partial charge in [-0.05, 0) is 14.1 Å². The molecule has 0 spiro atoms. The van der Waals surface area contributed by atoms with E-state index in [1.54, 1.807) is 6.08 Å². The molecule has 0 unspecified atom stereocenters. The predicted octanol–water partition coefficient (Wildman–Crippen LogP) is -0.170. The summed E-state index contributed by atoms with van der Waals surface area (Å²) in [5.41, 5.74) is 0. The minimum Gasteiger partial charge on any atom is -0.353 e. The minimum absolute atomic E-state index is 0.0715. The Morgan fingerprint density at radius 2 is 2.14 bits per heavy atom. The molecule has 0 bridgehead atoms. The van der Waals surface area contributed by atoms with E-state index < -0.39 is 0 Å². The van der Waals surface area contributed by atoms with Crippen molar-refractivity contribution in [3.05, 3.63) is 12.7 Å². The Labute approximate surface area is 86.4 Å². The normalized spacial score (nSPS) is 10.2. The molecular weight excluding hydrogens is 178 g/mol. The highest BCUT2D eigenvalue weighted by Gasteiger charge is 1.97. The second-order valence-corrected chi connectivity index (χ2v) is 3.40. The van der Waals surface area contributed by atoms with E-state index in [4.69, 9.17) is 0 Å². The fraction of sp³-hybridized carbons (Fsp3) is 0.700.